The number of hydrogen-bond donors (Lipinski definition) is 2. The zero-order chi connectivity index (χ0) is 15.1. The highest BCUT2D eigenvalue weighted by Gasteiger charge is 2.27. The molecule has 4 heteroatoms. The van der Waals surface area contributed by atoms with Gasteiger partial charge in [0.05, 0.1) is 11.0 Å². The van der Waals surface area contributed by atoms with Crippen LogP contribution in [0.5, 0.6) is 0 Å². The molecule has 1 heterocycles. The quantitative estimate of drug-likeness (QED) is 0.846. The van der Waals surface area contributed by atoms with Gasteiger partial charge in [0, 0.05) is 23.8 Å². The van der Waals surface area contributed by atoms with E-state index < -0.39 is 0 Å². The zero-order valence-corrected chi connectivity index (χ0v) is 13.0. The Hall–Kier alpha value is -1.55. The van der Waals surface area contributed by atoms with Crippen molar-refractivity contribution in [1.29, 1.82) is 0 Å². The van der Waals surface area contributed by atoms with Crippen LogP contribution in [0.2, 0.25) is 0 Å². The van der Waals surface area contributed by atoms with Crippen molar-refractivity contribution in [3.05, 3.63) is 24.0 Å². The maximum atomic E-state index is 9.46. The molecule has 0 aliphatic heterocycles. The van der Waals surface area contributed by atoms with E-state index in [-0.39, 0.29) is 24.0 Å². The van der Waals surface area contributed by atoms with Crippen molar-refractivity contribution >= 4 is 16.7 Å². The van der Waals surface area contributed by atoms with Crippen LogP contribution in [-0.4, -0.2) is 21.3 Å². The highest BCUT2D eigenvalue weighted by atomic mass is 16.3. The van der Waals surface area contributed by atoms with E-state index in [0.717, 1.165) is 22.5 Å². The van der Waals surface area contributed by atoms with Crippen LogP contribution >= 0.6 is 0 Å². The number of fused-ring (bicyclic) bond motifs is 1. The Morgan fingerprint density at radius 1 is 1.30 bits per heavy atom. The highest BCUT2D eigenvalue weighted by molar-refractivity contribution is 5.80. The average molecular weight is 275 g/mol. The molecule has 0 radical (unpaired) electrons. The number of aliphatic hydroxyl groups is 1. The SMILES string of the molecule is CC(CO)C(C)n1c(C(C)(C)C)nc2cc(N)ccc21. The highest BCUT2D eigenvalue weighted by Crippen LogP contribution is 2.32. The number of nitrogen functional groups attached to an aromatic ring is 1. The molecule has 0 aliphatic rings. The summed E-state index contributed by atoms with van der Waals surface area (Å²) in [5.41, 5.74) is 8.54. The van der Waals surface area contributed by atoms with Crippen molar-refractivity contribution in [1.82, 2.24) is 9.55 Å². The molecule has 3 N–H and O–H groups in total. The van der Waals surface area contributed by atoms with Gasteiger partial charge >= 0.3 is 0 Å². The summed E-state index contributed by atoms with van der Waals surface area (Å²) in [6.45, 7) is 10.8. The number of aliphatic hydroxyl groups excluding tert-OH is 1. The van der Waals surface area contributed by atoms with Crippen molar-refractivity contribution in [2.75, 3.05) is 12.3 Å². The van der Waals surface area contributed by atoms with Gasteiger partial charge in [-0.15, -0.1) is 0 Å². The first-order valence-corrected chi connectivity index (χ1v) is 7.14. The first-order valence-electron chi connectivity index (χ1n) is 7.14. The summed E-state index contributed by atoms with van der Waals surface area (Å²) in [6, 6.07) is 6.02. The molecular formula is C16H25N3O. The number of imidazole rings is 1. The normalized spacial score (nSPS) is 15.5. The number of nitrogens with zero attached hydrogens (tertiary/aromatic N) is 2. The minimum absolute atomic E-state index is 0.0583. The van der Waals surface area contributed by atoms with Crippen LogP contribution in [0.1, 0.15) is 46.5 Å². The number of hydrogen-bond acceptors (Lipinski definition) is 3. The summed E-state index contributed by atoms with van der Waals surface area (Å²) >= 11 is 0. The van der Waals surface area contributed by atoms with Gasteiger partial charge in [0.2, 0.25) is 0 Å². The number of aromatic nitrogens is 2. The second kappa shape index (κ2) is 5.09. The first-order chi connectivity index (χ1) is 9.25. The molecule has 4 nitrogen and oxygen atoms in total. The molecular weight excluding hydrogens is 250 g/mol. The van der Waals surface area contributed by atoms with Gasteiger partial charge in [-0.25, -0.2) is 4.98 Å². The van der Waals surface area contributed by atoms with Crippen LogP contribution in [0.25, 0.3) is 11.0 Å². The largest absolute Gasteiger partial charge is 0.399 e. The molecule has 0 saturated heterocycles. The molecule has 2 atom stereocenters. The molecule has 0 aliphatic carbocycles. The van der Waals surface area contributed by atoms with Crippen molar-refractivity contribution < 1.29 is 5.11 Å². The second-order valence-corrected chi connectivity index (χ2v) is 6.70. The van der Waals surface area contributed by atoms with E-state index in [1.54, 1.807) is 0 Å². The van der Waals surface area contributed by atoms with Gasteiger partial charge in [0.1, 0.15) is 5.82 Å². The summed E-state index contributed by atoms with van der Waals surface area (Å²) in [6.07, 6.45) is 0. The Balaban J connectivity index is 2.71. The van der Waals surface area contributed by atoms with Crippen LogP contribution in [0.15, 0.2) is 18.2 Å². The zero-order valence-electron chi connectivity index (χ0n) is 13.0. The van der Waals surface area contributed by atoms with Crippen LogP contribution < -0.4 is 5.73 Å². The van der Waals surface area contributed by atoms with Crippen LogP contribution in [0.4, 0.5) is 5.69 Å². The van der Waals surface area contributed by atoms with Gasteiger partial charge in [0.15, 0.2) is 0 Å². The first kappa shape index (κ1) is 14.9. The number of rotatable bonds is 3. The molecule has 110 valence electrons. The molecule has 2 aromatic rings. The van der Waals surface area contributed by atoms with E-state index in [1.807, 2.05) is 18.2 Å². The van der Waals surface area contributed by atoms with E-state index in [0.29, 0.717) is 0 Å². The topological polar surface area (TPSA) is 64.1 Å². The van der Waals surface area contributed by atoms with E-state index in [1.165, 1.54) is 0 Å². The van der Waals surface area contributed by atoms with Gasteiger partial charge in [0.25, 0.3) is 0 Å². The predicted octanol–water partition coefficient (Wildman–Crippen LogP) is 3.11. The number of anilines is 1. The Bertz CT molecular complexity index is 610. The molecule has 0 amide bonds. The standard InChI is InChI=1S/C16H25N3O/c1-10(9-20)11(2)19-14-7-6-12(17)8-13(14)18-15(19)16(3,4)5/h6-8,10-11,20H,9,17H2,1-5H3. The van der Waals surface area contributed by atoms with Crippen molar-refractivity contribution in [2.45, 2.75) is 46.1 Å². The van der Waals surface area contributed by atoms with E-state index in [9.17, 15) is 5.11 Å². The molecule has 0 bridgehead atoms. The second-order valence-electron chi connectivity index (χ2n) is 6.70. The fourth-order valence-corrected chi connectivity index (χ4v) is 2.46. The number of nitrogens with two attached hydrogens (primary N) is 1. The molecule has 1 aromatic carbocycles. The minimum atomic E-state index is -0.0583. The van der Waals surface area contributed by atoms with Crippen LogP contribution in [0.3, 0.4) is 0 Å². The van der Waals surface area contributed by atoms with Crippen LogP contribution in [0, 0.1) is 5.92 Å². The maximum Gasteiger partial charge on any atom is 0.115 e. The van der Waals surface area contributed by atoms with Crippen molar-refractivity contribution in [3.8, 4) is 0 Å². The van der Waals surface area contributed by atoms with Crippen LogP contribution in [-0.2, 0) is 5.41 Å². The Morgan fingerprint density at radius 2 is 1.95 bits per heavy atom. The van der Waals surface area contributed by atoms with Gasteiger partial charge in [-0.3, -0.25) is 0 Å². The average Bonchev–Trinajstić information content (AvgIpc) is 2.75. The Morgan fingerprint density at radius 3 is 2.50 bits per heavy atom. The minimum Gasteiger partial charge on any atom is -0.399 e. The molecule has 0 fully saturated rings. The predicted molar refractivity (Wildman–Crippen MR) is 83.8 cm³/mol. The third-order valence-corrected chi connectivity index (χ3v) is 3.90. The molecule has 0 spiro atoms. The van der Waals surface area contributed by atoms with E-state index in [4.69, 9.17) is 10.7 Å². The van der Waals surface area contributed by atoms with Gasteiger partial charge in [-0.05, 0) is 31.0 Å². The third kappa shape index (κ3) is 2.52. The van der Waals surface area contributed by atoms with Crippen molar-refractivity contribution in [3.63, 3.8) is 0 Å². The lowest BCUT2D eigenvalue weighted by molar-refractivity contribution is 0.195. The van der Waals surface area contributed by atoms with E-state index in [2.05, 4.69) is 39.2 Å². The smallest absolute Gasteiger partial charge is 0.115 e. The van der Waals surface area contributed by atoms with Crippen molar-refractivity contribution in [2.24, 2.45) is 5.92 Å². The summed E-state index contributed by atoms with van der Waals surface area (Å²) in [5, 5.41) is 9.46. The number of benzene rings is 1. The molecule has 1 aromatic heterocycles. The lowest BCUT2D eigenvalue weighted by Crippen LogP contribution is -2.25. The summed E-state index contributed by atoms with van der Waals surface area (Å²) in [4.78, 5) is 4.78. The Kier molecular flexibility index (Phi) is 3.78. The Labute approximate surface area is 120 Å². The fourth-order valence-electron chi connectivity index (χ4n) is 2.46. The summed E-state index contributed by atoms with van der Waals surface area (Å²) in [7, 11) is 0. The van der Waals surface area contributed by atoms with Gasteiger partial charge in [-0.2, -0.15) is 0 Å². The molecule has 2 unspecified atom stereocenters. The summed E-state index contributed by atoms with van der Waals surface area (Å²) < 4.78 is 2.25. The lowest BCUT2D eigenvalue weighted by atomic mass is 9.94. The summed E-state index contributed by atoms with van der Waals surface area (Å²) in [5.74, 6) is 1.21. The maximum absolute atomic E-state index is 9.46. The molecule has 20 heavy (non-hydrogen) atoms. The molecule has 0 saturated carbocycles. The fraction of sp³-hybridized carbons (Fsp3) is 0.562. The van der Waals surface area contributed by atoms with Gasteiger partial charge in [-0.1, -0.05) is 27.7 Å². The van der Waals surface area contributed by atoms with E-state index >= 15 is 0 Å². The van der Waals surface area contributed by atoms with Gasteiger partial charge < -0.3 is 15.4 Å². The third-order valence-electron chi connectivity index (χ3n) is 3.90. The molecule has 2 rings (SSSR count). The monoisotopic (exact) mass is 275 g/mol. The lowest BCUT2D eigenvalue weighted by Gasteiger charge is -2.27.